The first-order chi connectivity index (χ1) is 7.52. The van der Waals surface area contributed by atoms with Gasteiger partial charge < -0.3 is 15.7 Å². The molecule has 1 rings (SSSR count). The van der Waals surface area contributed by atoms with E-state index in [1.807, 2.05) is 4.90 Å². The molecule has 0 aliphatic carbocycles. The van der Waals surface area contributed by atoms with Gasteiger partial charge in [0.25, 0.3) is 0 Å². The topological polar surface area (TPSA) is 83.6 Å². The minimum Gasteiger partial charge on any atom is -0.480 e. The van der Waals surface area contributed by atoms with Crippen molar-refractivity contribution in [3.8, 4) is 0 Å². The summed E-state index contributed by atoms with van der Waals surface area (Å²) in [4.78, 5) is 24.2. The van der Waals surface area contributed by atoms with Crippen molar-refractivity contribution in [3.63, 3.8) is 0 Å². The van der Waals surface area contributed by atoms with Crippen molar-refractivity contribution in [1.82, 2.24) is 4.90 Å². The van der Waals surface area contributed by atoms with E-state index in [-0.39, 0.29) is 16.9 Å². The smallest absolute Gasteiger partial charge is 0.321 e. The van der Waals surface area contributed by atoms with E-state index in [4.69, 9.17) is 10.8 Å². The van der Waals surface area contributed by atoms with Gasteiger partial charge in [-0.3, -0.25) is 9.59 Å². The highest BCUT2D eigenvalue weighted by Gasteiger charge is 2.24. The maximum absolute atomic E-state index is 11.8. The molecule has 16 heavy (non-hydrogen) atoms. The highest BCUT2D eigenvalue weighted by Crippen LogP contribution is 2.17. The van der Waals surface area contributed by atoms with Crippen molar-refractivity contribution in [2.24, 2.45) is 5.73 Å². The summed E-state index contributed by atoms with van der Waals surface area (Å²) in [5.74, 6) is -0.649. The Kier molecular flexibility index (Phi) is 5.08. The minimum atomic E-state index is -1.02. The first-order valence-corrected chi connectivity index (χ1v) is 6.46. The molecule has 1 saturated heterocycles. The van der Waals surface area contributed by atoms with Crippen LogP contribution in [0.1, 0.15) is 19.8 Å². The number of nitrogens with zero attached hydrogens (tertiary/aromatic N) is 1. The van der Waals surface area contributed by atoms with Crippen molar-refractivity contribution in [3.05, 3.63) is 0 Å². The molecule has 0 saturated carbocycles. The molecule has 3 N–H and O–H groups in total. The van der Waals surface area contributed by atoms with E-state index in [0.717, 1.165) is 25.9 Å². The van der Waals surface area contributed by atoms with E-state index in [9.17, 15) is 9.59 Å². The second kappa shape index (κ2) is 6.10. The average molecular weight is 246 g/mol. The summed E-state index contributed by atoms with van der Waals surface area (Å²) >= 11 is 1.31. The van der Waals surface area contributed by atoms with Crippen LogP contribution in [0.15, 0.2) is 0 Å². The van der Waals surface area contributed by atoms with Crippen molar-refractivity contribution < 1.29 is 14.7 Å². The third-order valence-corrected chi connectivity index (χ3v) is 3.86. The number of carbonyl (C=O) groups is 2. The summed E-state index contributed by atoms with van der Waals surface area (Å²) < 4.78 is 0. The number of rotatable bonds is 5. The van der Waals surface area contributed by atoms with Crippen LogP contribution in [0.3, 0.4) is 0 Å². The molecule has 0 aromatic heterocycles. The number of thioether (sulfide) groups is 1. The molecule has 2 atom stereocenters. The predicted molar refractivity (Wildman–Crippen MR) is 63.3 cm³/mol. The highest BCUT2D eigenvalue weighted by molar-refractivity contribution is 8.00. The van der Waals surface area contributed by atoms with Gasteiger partial charge in [-0.25, -0.2) is 0 Å². The quantitative estimate of drug-likeness (QED) is 0.721. The fourth-order valence-electron chi connectivity index (χ4n) is 1.59. The van der Waals surface area contributed by atoms with E-state index in [0.29, 0.717) is 0 Å². The fraction of sp³-hybridized carbons (Fsp3) is 0.800. The Bertz CT molecular complexity index is 267. The normalized spacial score (nSPS) is 19.5. The van der Waals surface area contributed by atoms with Crippen LogP contribution in [0.5, 0.6) is 0 Å². The van der Waals surface area contributed by atoms with Gasteiger partial charge in [-0.1, -0.05) is 0 Å². The molecular formula is C10H18N2O3S. The lowest BCUT2D eigenvalue weighted by molar-refractivity contribution is -0.138. The van der Waals surface area contributed by atoms with Crippen LogP contribution in [0, 0.1) is 0 Å². The second-order valence-electron chi connectivity index (χ2n) is 3.95. The molecule has 5 nitrogen and oxygen atoms in total. The molecule has 1 aliphatic rings. The predicted octanol–water partition coefficient (Wildman–Crippen LogP) is 0.142. The highest BCUT2D eigenvalue weighted by atomic mass is 32.2. The van der Waals surface area contributed by atoms with E-state index in [2.05, 4.69) is 0 Å². The van der Waals surface area contributed by atoms with E-state index in [1.165, 1.54) is 11.8 Å². The van der Waals surface area contributed by atoms with Crippen molar-refractivity contribution in [2.75, 3.05) is 18.8 Å². The fourth-order valence-corrected chi connectivity index (χ4v) is 2.52. The van der Waals surface area contributed by atoms with E-state index < -0.39 is 12.0 Å². The Morgan fingerprint density at radius 2 is 2.00 bits per heavy atom. The number of hydrogen-bond donors (Lipinski definition) is 2. The molecule has 0 aromatic carbocycles. The molecule has 2 unspecified atom stereocenters. The third kappa shape index (κ3) is 3.68. The lowest BCUT2D eigenvalue weighted by Crippen LogP contribution is -2.37. The SMILES string of the molecule is CC(SCC(N)C(=O)O)C(=O)N1CCCC1. The van der Waals surface area contributed by atoms with Crippen molar-refractivity contribution in [1.29, 1.82) is 0 Å². The standard InChI is InChI=1S/C10H18N2O3S/c1-7(16-6-8(11)10(14)15)9(13)12-4-2-3-5-12/h7-8H,2-6,11H2,1H3,(H,14,15). The summed E-state index contributed by atoms with van der Waals surface area (Å²) in [7, 11) is 0. The summed E-state index contributed by atoms with van der Waals surface area (Å²) in [5, 5.41) is 8.41. The Hall–Kier alpha value is -0.750. The lowest BCUT2D eigenvalue weighted by atomic mass is 10.4. The number of nitrogens with two attached hydrogens (primary N) is 1. The van der Waals surface area contributed by atoms with Crippen LogP contribution in [-0.2, 0) is 9.59 Å². The lowest BCUT2D eigenvalue weighted by Gasteiger charge is -2.20. The van der Waals surface area contributed by atoms with Crippen LogP contribution in [0.25, 0.3) is 0 Å². The molecule has 6 heteroatoms. The number of likely N-dealkylation sites (tertiary alicyclic amines) is 1. The number of aliphatic carboxylic acids is 1. The summed E-state index contributed by atoms with van der Waals surface area (Å²) in [5.41, 5.74) is 5.37. The molecule has 92 valence electrons. The van der Waals surface area contributed by atoms with E-state index in [1.54, 1.807) is 6.92 Å². The minimum absolute atomic E-state index is 0.0973. The van der Waals surface area contributed by atoms with Gasteiger partial charge in [-0.2, -0.15) is 0 Å². The van der Waals surface area contributed by atoms with E-state index >= 15 is 0 Å². The Labute approximate surface area is 99.4 Å². The van der Waals surface area contributed by atoms with Gasteiger partial charge in [0.15, 0.2) is 0 Å². The van der Waals surface area contributed by atoms with Crippen LogP contribution in [-0.4, -0.2) is 52.0 Å². The van der Waals surface area contributed by atoms with Crippen LogP contribution in [0.2, 0.25) is 0 Å². The number of amides is 1. The Balaban J connectivity index is 2.31. The maximum atomic E-state index is 11.8. The molecule has 0 bridgehead atoms. The number of carboxylic acids is 1. The summed E-state index contributed by atoms with van der Waals surface area (Å²) in [6.45, 7) is 3.46. The molecule has 0 spiro atoms. The first kappa shape index (κ1) is 13.3. The largest absolute Gasteiger partial charge is 0.480 e. The number of carboxylic acid groups (broad SMARTS) is 1. The molecule has 0 aromatic rings. The van der Waals surface area contributed by atoms with Crippen molar-refractivity contribution in [2.45, 2.75) is 31.1 Å². The molecule has 1 heterocycles. The second-order valence-corrected chi connectivity index (χ2v) is 5.33. The van der Waals surface area contributed by atoms with Crippen molar-refractivity contribution >= 4 is 23.6 Å². The third-order valence-electron chi connectivity index (χ3n) is 2.61. The number of hydrogen-bond acceptors (Lipinski definition) is 4. The molecule has 0 radical (unpaired) electrons. The maximum Gasteiger partial charge on any atom is 0.321 e. The molecule has 1 aliphatic heterocycles. The first-order valence-electron chi connectivity index (χ1n) is 5.41. The van der Waals surface area contributed by atoms with Gasteiger partial charge in [0.2, 0.25) is 5.91 Å². The number of carbonyl (C=O) groups excluding carboxylic acids is 1. The van der Waals surface area contributed by atoms with Crippen LogP contribution >= 0.6 is 11.8 Å². The van der Waals surface area contributed by atoms with Gasteiger partial charge in [0.1, 0.15) is 6.04 Å². The van der Waals surface area contributed by atoms with Gasteiger partial charge in [-0.05, 0) is 19.8 Å². The van der Waals surface area contributed by atoms with Gasteiger partial charge in [0.05, 0.1) is 5.25 Å². The molecular weight excluding hydrogens is 228 g/mol. The van der Waals surface area contributed by atoms with Gasteiger partial charge in [-0.15, -0.1) is 11.8 Å². The van der Waals surface area contributed by atoms with Gasteiger partial charge >= 0.3 is 5.97 Å². The summed E-state index contributed by atoms with van der Waals surface area (Å²) in [6.07, 6.45) is 2.13. The monoisotopic (exact) mass is 246 g/mol. The zero-order chi connectivity index (χ0) is 12.1. The van der Waals surface area contributed by atoms with Crippen LogP contribution in [0.4, 0.5) is 0 Å². The molecule has 1 fully saturated rings. The zero-order valence-corrected chi connectivity index (χ0v) is 10.2. The zero-order valence-electron chi connectivity index (χ0n) is 9.39. The molecule has 1 amide bonds. The van der Waals surface area contributed by atoms with Crippen LogP contribution < -0.4 is 5.73 Å². The Morgan fingerprint density at radius 1 is 1.44 bits per heavy atom. The average Bonchev–Trinajstić information content (AvgIpc) is 2.77. The Morgan fingerprint density at radius 3 is 2.50 bits per heavy atom. The summed E-state index contributed by atoms with van der Waals surface area (Å²) in [6, 6.07) is -0.890. The van der Waals surface area contributed by atoms with Gasteiger partial charge in [0, 0.05) is 18.8 Å².